The highest BCUT2D eigenvalue weighted by molar-refractivity contribution is 9.10. The smallest absolute Gasteiger partial charge is 0.410 e. The van der Waals surface area contributed by atoms with E-state index < -0.39 is 5.60 Å². The number of amides is 1. The number of ether oxygens (including phenoxy) is 2. The minimum absolute atomic E-state index is 0.233. The van der Waals surface area contributed by atoms with E-state index in [0.717, 1.165) is 28.6 Å². The summed E-state index contributed by atoms with van der Waals surface area (Å²) in [6.45, 7) is 7.02. The van der Waals surface area contributed by atoms with Gasteiger partial charge in [-0.15, -0.1) is 0 Å². The van der Waals surface area contributed by atoms with Crippen molar-refractivity contribution in [2.45, 2.75) is 39.2 Å². The molecule has 1 aliphatic rings. The van der Waals surface area contributed by atoms with Crippen LogP contribution >= 0.6 is 15.9 Å². The van der Waals surface area contributed by atoms with Crippen LogP contribution in [-0.4, -0.2) is 34.7 Å². The molecule has 1 aromatic heterocycles. The Bertz CT molecular complexity index is 864. The summed E-state index contributed by atoms with van der Waals surface area (Å²) in [6.07, 6.45) is 5.33. The molecule has 148 valence electrons. The number of hydrogen-bond acceptors (Lipinski definition) is 4. The molecular weight excluding hydrogens is 420 g/mol. The van der Waals surface area contributed by atoms with E-state index in [4.69, 9.17) is 9.47 Å². The molecule has 2 aromatic rings. The number of pyridine rings is 1. The van der Waals surface area contributed by atoms with Crippen molar-refractivity contribution in [1.29, 1.82) is 0 Å². The topological polar surface area (TPSA) is 51.7 Å². The van der Waals surface area contributed by atoms with Gasteiger partial charge >= 0.3 is 6.09 Å². The molecule has 3 rings (SSSR count). The van der Waals surface area contributed by atoms with Crippen molar-refractivity contribution in [2.24, 2.45) is 0 Å². The van der Waals surface area contributed by atoms with E-state index in [1.165, 1.54) is 5.57 Å². The number of halogens is 1. The molecule has 0 atom stereocenters. The number of piperidine rings is 1. The fraction of sp³-hybridized carbons (Fsp3) is 0.364. The van der Waals surface area contributed by atoms with E-state index in [9.17, 15) is 4.79 Å². The number of rotatable bonds is 3. The van der Waals surface area contributed by atoms with E-state index in [-0.39, 0.29) is 6.09 Å². The SMILES string of the molecule is CC(C)(C)OC(=O)N1CCC(=Cc2cccc(Oc3cc(Br)ccn3)c2)CC1. The third-order valence-corrected chi connectivity index (χ3v) is 4.70. The van der Waals surface area contributed by atoms with Gasteiger partial charge in [-0.2, -0.15) is 0 Å². The molecule has 0 bridgehead atoms. The van der Waals surface area contributed by atoms with Crippen LogP contribution < -0.4 is 4.74 Å². The Kier molecular flexibility index (Phi) is 6.39. The Morgan fingerprint density at radius 2 is 1.93 bits per heavy atom. The maximum Gasteiger partial charge on any atom is 0.410 e. The maximum atomic E-state index is 12.2. The van der Waals surface area contributed by atoms with Crippen LogP contribution in [0.2, 0.25) is 0 Å². The van der Waals surface area contributed by atoms with E-state index >= 15 is 0 Å². The predicted octanol–water partition coefficient (Wildman–Crippen LogP) is 6.05. The Labute approximate surface area is 174 Å². The van der Waals surface area contributed by atoms with Gasteiger partial charge in [-0.05, 0) is 57.4 Å². The molecule has 1 saturated heterocycles. The zero-order chi connectivity index (χ0) is 20.1. The molecule has 5 nitrogen and oxygen atoms in total. The Morgan fingerprint density at radius 3 is 2.61 bits per heavy atom. The van der Waals surface area contributed by atoms with Crippen molar-refractivity contribution in [3.05, 3.63) is 58.2 Å². The third-order valence-electron chi connectivity index (χ3n) is 4.21. The standard InChI is InChI=1S/C22H25BrN2O3/c1-22(2,3)28-21(26)25-11-8-16(9-12-25)13-17-5-4-6-19(14-17)27-20-15-18(23)7-10-24-20/h4-7,10,13-15H,8-9,11-12H2,1-3H3. The van der Waals surface area contributed by atoms with Crippen molar-refractivity contribution in [1.82, 2.24) is 9.88 Å². The fourth-order valence-corrected chi connectivity index (χ4v) is 3.23. The molecule has 0 aliphatic carbocycles. The minimum atomic E-state index is -0.461. The summed E-state index contributed by atoms with van der Waals surface area (Å²) in [7, 11) is 0. The summed E-state index contributed by atoms with van der Waals surface area (Å²) >= 11 is 3.42. The Hall–Kier alpha value is -2.34. The summed E-state index contributed by atoms with van der Waals surface area (Å²) in [5.74, 6) is 1.29. The van der Waals surface area contributed by atoms with Crippen LogP contribution in [-0.2, 0) is 4.74 Å². The summed E-state index contributed by atoms with van der Waals surface area (Å²) in [5, 5.41) is 0. The van der Waals surface area contributed by atoms with E-state index in [2.05, 4.69) is 33.1 Å². The number of likely N-dealkylation sites (tertiary alicyclic amines) is 1. The first-order valence-electron chi connectivity index (χ1n) is 9.35. The Balaban J connectivity index is 1.61. The number of hydrogen-bond donors (Lipinski definition) is 0. The molecule has 1 aromatic carbocycles. The highest BCUT2D eigenvalue weighted by Crippen LogP contribution is 2.26. The van der Waals surface area contributed by atoms with Gasteiger partial charge in [0.15, 0.2) is 0 Å². The Morgan fingerprint density at radius 1 is 1.18 bits per heavy atom. The lowest BCUT2D eigenvalue weighted by atomic mass is 10.0. The summed E-state index contributed by atoms with van der Waals surface area (Å²) in [6, 6.07) is 11.6. The first-order chi connectivity index (χ1) is 13.3. The van der Waals surface area contributed by atoms with E-state index in [1.807, 2.05) is 51.1 Å². The first-order valence-corrected chi connectivity index (χ1v) is 10.1. The molecule has 0 unspecified atom stereocenters. The average Bonchev–Trinajstić information content (AvgIpc) is 2.61. The molecule has 28 heavy (non-hydrogen) atoms. The van der Waals surface area contributed by atoms with Crippen LogP contribution in [0.25, 0.3) is 6.08 Å². The summed E-state index contributed by atoms with van der Waals surface area (Å²) in [5.41, 5.74) is 1.93. The van der Waals surface area contributed by atoms with Gasteiger partial charge in [0.1, 0.15) is 11.4 Å². The highest BCUT2D eigenvalue weighted by atomic mass is 79.9. The molecule has 2 heterocycles. The van der Waals surface area contributed by atoms with Crippen LogP contribution in [0.1, 0.15) is 39.2 Å². The average molecular weight is 445 g/mol. The van der Waals surface area contributed by atoms with Crippen molar-refractivity contribution in [2.75, 3.05) is 13.1 Å². The van der Waals surface area contributed by atoms with Crippen LogP contribution in [0.15, 0.2) is 52.6 Å². The van der Waals surface area contributed by atoms with Gasteiger partial charge in [0, 0.05) is 29.8 Å². The molecule has 1 aliphatic heterocycles. The number of nitrogens with zero attached hydrogens (tertiary/aromatic N) is 2. The molecule has 0 N–H and O–H groups in total. The molecule has 0 saturated carbocycles. The van der Waals surface area contributed by atoms with Gasteiger partial charge in [-0.25, -0.2) is 9.78 Å². The van der Waals surface area contributed by atoms with Crippen LogP contribution in [0.5, 0.6) is 11.6 Å². The van der Waals surface area contributed by atoms with Gasteiger partial charge in [0.05, 0.1) is 0 Å². The second kappa shape index (κ2) is 8.78. The lowest BCUT2D eigenvalue weighted by Gasteiger charge is -2.31. The molecule has 6 heteroatoms. The maximum absolute atomic E-state index is 12.2. The second-order valence-electron chi connectivity index (χ2n) is 7.76. The van der Waals surface area contributed by atoms with Crippen molar-refractivity contribution in [3.63, 3.8) is 0 Å². The second-order valence-corrected chi connectivity index (χ2v) is 8.67. The van der Waals surface area contributed by atoms with Gasteiger partial charge in [0.2, 0.25) is 5.88 Å². The van der Waals surface area contributed by atoms with Crippen molar-refractivity contribution >= 4 is 28.1 Å². The van der Waals surface area contributed by atoms with Gasteiger partial charge < -0.3 is 14.4 Å². The van der Waals surface area contributed by atoms with Crippen LogP contribution in [0.4, 0.5) is 4.79 Å². The monoisotopic (exact) mass is 444 g/mol. The zero-order valence-corrected chi connectivity index (χ0v) is 18.0. The van der Waals surface area contributed by atoms with E-state index in [1.54, 1.807) is 11.1 Å². The van der Waals surface area contributed by atoms with Crippen LogP contribution in [0, 0.1) is 0 Å². The van der Waals surface area contributed by atoms with Gasteiger partial charge in [0.25, 0.3) is 0 Å². The van der Waals surface area contributed by atoms with Gasteiger partial charge in [-0.1, -0.05) is 39.7 Å². The normalized spacial score (nSPS) is 14.6. The van der Waals surface area contributed by atoms with Gasteiger partial charge in [-0.3, -0.25) is 0 Å². The molecule has 1 amide bonds. The lowest BCUT2D eigenvalue weighted by Crippen LogP contribution is -2.40. The first kappa shape index (κ1) is 20.4. The molecule has 0 radical (unpaired) electrons. The largest absolute Gasteiger partial charge is 0.444 e. The molecule has 0 spiro atoms. The number of carbonyl (C=O) groups is 1. The van der Waals surface area contributed by atoms with Crippen LogP contribution in [0.3, 0.4) is 0 Å². The van der Waals surface area contributed by atoms with E-state index in [0.29, 0.717) is 19.0 Å². The highest BCUT2D eigenvalue weighted by Gasteiger charge is 2.24. The quantitative estimate of drug-likeness (QED) is 0.577. The zero-order valence-electron chi connectivity index (χ0n) is 16.4. The third kappa shape index (κ3) is 6.09. The fourth-order valence-electron chi connectivity index (χ4n) is 2.91. The number of aromatic nitrogens is 1. The van der Waals surface area contributed by atoms with Crippen molar-refractivity contribution in [3.8, 4) is 11.6 Å². The number of benzene rings is 1. The number of carbonyl (C=O) groups excluding carboxylic acids is 1. The summed E-state index contributed by atoms with van der Waals surface area (Å²) in [4.78, 5) is 18.2. The van der Waals surface area contributed by atoms with Crippen molar-refractivity contribution < 1.29 is 14.3 Å². The lowest BCUT2D eigenvalue weighted by molar-refractivity contribution is 0.0237. The molecule has 1 fully saturated rings. The predicted molar refractivity (Wildman–Crippen MR) is 113 cm³/mol. The molecular formula is C22H25BrN2O3. The minimum Gasteiger partial charge on any atom is -0.444 e. The summed E-state index contributed by atoms with van der Waals surface area (Å²) < 4.78 is 12.2.